The molecule has 0 aliphatic rings. The van der Waals surface area contributed by atoms with Gasteiger partial charge in [-0.3, -0.25) is 0 Å². The summed E-state index contributed by atoms with van der Waals surface area (Å²) in [6.07, 6.45) is 2.55. The maximum Gasteiger partial charge on any atom is 0.338 e. The molecule has 0 saturated heterocycles. The lowest BCUT2D eigenvalue weighted by atomic mass is 10.2. The van der Waals surface area contributed by atoms with E-state index in [1.54, 1.807) is 0 Å². The van der Waals surface area contributed by atoms with Crippen molar-refractivity contribution in [2.75, 3.05) is 6.61 Å². The van der Waals surface area contributed by atoms with Crippen LogP contribution in [0.4, 0.5) is 0 Å². The number of carbonyl (C=O) groups is 1. The van der Waals surface area contributed by atoms with Crippen molar-refractivity contribution in [2.45, 2.75) is 26.2 Å². The molecule has 0 amide bonds. The highest BCUT2D eigenvalue weighted by Crippen LogP contribution is 2.10. The van der Waals surface area contributed by atoms with Gasteiger partial charge in [-0.15, -0.1) is 0 Å². The maximum atomic E-state index is 11.8. The summed E-state index contributed by atoms with van der Waals surface area (Å²) in [6.45, 7) is 2.18. The molecule has 0 bridgehead atoms. The molecule has 3 heteroatoms. The third-order valence-corrected chi connectivity index (χ3v) is 1.80. The smallest absolute Gasteiger partial charge is 0.338 e. The van der Waals surface area contributed by atoms with Gasteiger partial charge in [0, 0.05) is 0 Å². The van der Waals surface area contributed by atoms with E-state index in [1.807, 2.05) is 6.92 Å². The van der Waals surface area contributed by atoms with Crippen LogP contribution in [0, 0.1) is 0 Å². The minimum Gasteiger partial charge on any atom is -0.508 e. The minimum atomic E-state index is -0.895. The number of ether oxygens (including phenoxy) is 1. The van der Waals surface area contributed by atoms with Crippen LogP contribution in [0.25, 0.3) is 0 Å². The molecule has 1 aromatic carbocycles. The predicted octanol–water partition coefficient (Wildman–Crippen LogP) is 2.74. The van der Waals surface area contributed by atoms with Gasteiger partial charge in [-0.25, -0.2) is 4.79 Å². The Morgan fingerprint density at radius 1 is 1.40 bits per heavy atom. The average molecular weight is 212 g/mol. The van der Waals surface area contributed by atoms with Crippen LogP contribution in [0.3, 0.4) is 0 Å². The zero-order chi connectivity index (χ0) is 14.6. The van der Waals surface area contributed by atoms with Gasteiger partial charge in [0.05, 0.1) is 17.7 Å². The van der Waals surface area contributed by atoms with Crippen molar-refractivity contribution in [3.05, 3.63) is 29.7 Å². The summed E-state index contributed by atoms with van der Waals surface area (Å²) < 4.78 is 34.9. The van der Waals surface area contributed by atoms with Gasteiger partial charge in [0.15, 0.2) is 0 Å². The first-order valence-electron chi connectivity index (χ1n) is 6.88. The van der Waals surface area contributed by atoms with Crippen LogP contribution in [0.15, 0.2) is 24.2 Å². The van der Waals surface area contributed by atoms with Gasteiger partial charge in [0.1, 0.15) is 5.75 Å². The molecule has 0 aliphatic carbocycles. The lowest BCUT2D eigenvalue weighted by Crippen LogP contribution is -2.05. The molecule has 0 atom stereocenters. The molecule has 0 heterocycles. The number of hydrogen-bond acceptors (Lipinski definition) is 3. The number of phenolic OH excluding ortho intramolecular Hbond substituents is 1. The van der Waals surface area contributed by atoms with Crippen molar-refractivity contribution >= 4 is 5.97 Å². The normalized spacial score (nSPS) is 13.7. The van der Waals surface area contributed by atoms with Crippen molar-refractivity contribution in [3.63, 3.8) is 0 Å². The summed E-state index contributed by atoms with van der Waals surface area (Å²) in [5.41, 5.74) is -0.440. The van der Waals surface area contributed by atoms with Crippen molar-refractivity contribution in [1.29, 1.82) is 0 Å². The van der Waals surface area contributed by atoms with Crippen molar-refractivity contribution in [3.8, 4) is 5.75 Å². The Labute approximate surface area is 95.3 Å². The lowest BCUT2D eigenvalue weighted by Gasteiger charge is -2.03. The first kappa shape index (κ1) is 6.88. The van der Waals surface area contributed by atoms with Gasteiger partial charge in [-0.1, -0.05) is 19.8 Å². The van der Waals surface area contributed by atoms with Crippen molar-refractivity contribution in [1.82, 2.24) is 0 Å². The van der Waals surface area contributed by atoms with E-state index in [9.17, 15) is 9.90 Å². The van der Waals surface area contributed by atoms with E-state index in [4.69, 9.17) is 10.2 Å². The molecule has 0 unspecified atom stereocenters. The number of rotatable bonds is 5. The topological polar surface area (TPSA) is 46.5 Å². The van der Waals surface area contributed by atoms with E-state index >= 15 is 0 Å². The maximum absolute atomic E-state index is 11.8. The fraction of sp³-hybridized carbons (Fsp3) is 0.417. The van der Waals surface area contributed by atoms with E-state index in [2.05, 4.69) is 0 Å². The quantitative estimate of drug-likeness (QED) is 0.603. The summed E-state index contributed by atoms with van der Waals surface area (Å²) >= 11 is 0. The second-order valence-corrected chi connectivity index (χ2v) is 3.07. The summed E-state index contributed by atoms with van der Waals surface area (Å²) in [4.78, 5) is 11.8. The van der Waals surface area contributed by atoms with Crippen molar-refractivity contribution < 1.29 is 20.1 Å². The van der Waals surface area contributed by atoms with Crippen LogP contribution in [0.1, 0.15) is 42.0 Å². The molecular formula is C12H16O3. The highest BCUT2D eigenvalue weighted by Gasteiger charge is 2.05. The predicted molar refractivity (Wildman–Crippen MR) is 57.9 cm³/mol. The van der Waals surface area contributed by atoms with Gasteiger partial charge in [-0.05, 0) is 30.6 Å². The van der Waals surface area contributed by atoms with Crippen LogP contribution in [-0.2, 0) is 4.74 Å². The summed E-state index contributed by atoms with van der Waals surface area (Å²) in [6, 6.07) is -2.44. The molecule has 1 aromatic rings. The Morgan fingerprint density at radius 3 is 2.67 bits per heavy atom. The molecule has 0 aliphatic heterocycles. The van der Waals surface area contributed by atoms with Crippen molar-refractivity contribution in [2.24, 2.45) is 0 Å². The number of hydrogen-bond donors (Lipinski definition) is 1. The number of benzene rings is 1. The summed E-state index contributed by atoms with van der Waals surface area (Å²) in [5.74, 6) is -1.66. The van der Waals surface area contributed by atoms with Crippen LogP contribution in [0.5, 0.6) is 5.75 Å². The van der Waals surface area contributed by atoms with Gasteiger partial charge in [-0.2, -0.15) is 0 Å². The second-order valence-electron chi connectivity index (χ2n) is 3.07. The Bertz CT molecular complexity index is 459. The summed E-state index contributed by atoms with van der Waals surface area (Å²) in [7, 11) is 0. The van der Waals surface area contributed by atoms with E-state index < -0.39 is 41.5 Å². The second kappa shape index (κ2) is 6.06. The fourth-order valence-electron chi connectivity index (χ4n) is 0.997. The molecule has 1 rings (SSSR count). The minimum absolute atomic E-state index is 0.174. The Kier molecular flexibility index (Phi) is 2.78. The Morgan fingerprint density at radius 2 is 2.07 bits per heavy atom. The first-order valence-corrected chi connectivity index (χ1v) is 4.88. The Balaban J connectivity index is 2.97. The number of unbranched alkanes of at least 4 members (excludes halogenated alkanes) is 2. The third-order valence-electron chi connectivity index (χ3n) is 1.80. The SMILES string of the molecule is [2H]c1c([2H])c(C(=O)OCCCCC)c([2H])c([2H])c1O. The van der Waals surface area contributed by atoms with E-state index in [1.165, 1.54) is 0 Å². The average Bonchev–Trinajstić information content (AvgIpc) is 2.39. The molecule has 0 fully saturated rings. The van der Waals surface area contributed by atoms with Gasteiger partial charge in [0.2, 0.25) is 0 Å². The molecule has 15 heavy (non-hydrogen) atoms. The Hall–Kier alpha value is -1.51. The van der Waals surface area contributed by atoms with Gasteiger partial charge < -0.3 is 9.84 Å². The van der Waals surface area contributed by atoms with E-state index in [0.29, 0.717) is 6.42 Å². The van der Waals surface area contributed by atoms with Crippen LogP contribution >= 0.6 is 0 Å². The largest absolute Gasteiger partial charge is 0.508 e. The highest BCUT2D eigenvalue weighted by molar-refractivity contribution is 5.89. The molecular weight excluding hydrogens is 192 g/mol. The summed E-state index contributed by atoms with van der Waals surface area (Å²) in [5, 5.41) is 9.35. The van der Waals surface area contributed by atoms with Gasteiger partial charge in [0.25, 0.3) is 0 Å². The number of carbonyl (C=O) groups excluding carboxylic acids is 1. The third kappa shape index (κ3) is 4.02. The lowest BCUT2D eigenvalue weighted by molar-refractivity contribution is 0.0498. The van der Waals surface area contributed by atoms with Gasteiger partial charge >= 0.3 is 5.97 Å². The number of phenols is 1. The molecule has 0 aromatic heterocycles. The number of aromatic hydroxyl groups is 1. The van der Waals surface area contributed by atoms with Crippen LogP contribution < -0.4 is 0 Å². The monoisotopic (exact) mass is 212 g/mol. The highest BCUT2D eigenvalue weighted by atomic mass is 16.5. The van der Waals surface area contributed by atoms with Crippen LogP contribution in [0.2, 0.25) is 0 Å². The van der Waals surface area contributed by atoms with E-state index in [-0.39, 0.29) is 6.61 Å². The zero-order valence-electron chi connectivity index (χ0n) is 12.6. The number of esters is 1. The molecule has 82 valence electrons. The molecule has 0 saturated carbocycles. The van der Waals surface area contributed by atoms with Crippen LogP contribution in [-0.4, -0.2) is 17.7 Å². The molecule has 0 spiro atoms. The molecule has 0 radical (unpaired) electrons. The molecule has 1 N–H and O–H groups in total. The molecule has 3 nitrogen and oxygen atoms in total. The standard InChI is InChI=1S/C12H16O3/c1-2-3-4-9-15-12(14)10-5-7-11(13)8-6-10/h5-8,13H,2-4,9H2,1H3/i5D,6D,7D,8D. The fourth-order valence-corrected chi connectivity index (χ4v) is 0.997. The zero-order valence-corrected chi connectivity index (χ0v) is 8.59. The van der Waals surface area contributed by atoms with E-state index in [0.717, 1.165) is 12.8 Å². The first-order chi connectivity index (χ1) is 8.91.